The summed E-state index contributed by atoms with van der Waals surface area (Å²) < 4.78 is 13.1. The van der Waals surface area contributed by atoms with Crippen molar-refractivity contribution in [3.63, 3.8) is 0 Å². The van der Waals surface area contributed by atoms with Crippen molar-refractivity contribution in [1.82, 2.24) is 0 Å². The molecule has 0 saturated heterocycles. The van der Waals surface area contributed by atoms with E-state index in [1.165, 1.54) is 53.9 Å². The van der Waals surface area contributed by atoms with Crippen molar-refractivity contribution in [3.8, 4) is 22.3 Å². The van der Waals surface area contributed by atoms with Crippen LogP contribution in [0.5, 0.6) is 0 Å². The minimum absolute atomic E-state index is 0.298. The summed E-state index contributed by atoms with van der Waals surface area (Å²) in [5.41, 5.74) is 13.5. The zero-order chi connectivity index (χ0) is 43.7. The summed E-state index contributed by atoms with van der Waals surface area (Å²) in [7, 11) is 0. The van der Waals surface area contributed by atoms with Gasteiger partial charge in [-0.1, -0.05) is 166 Å². The van der Waals surface area contributed by atoms with Crippen LogP contribution in [0.2, 0.25) is 0 Å². The van der Waals surface area contributed by atoms with Gasteiger partial charge in [0.05, 0.1) is 0 Å². The van der Waals surface area contributed by atoms with Crippen molar-refractivity contribution in [2.24, 2.45) is 5.41 Å². The fourth-order valence-corrected chi connectivity index (χ4v) is 11.3. The van der Waals surface area contributed by atoms with Crippen LogP contribution in [0.3, 0.4) is 0 Å². The Bertz CT molecular complexity index is 4250. The van der Waals surface area contributed by atoms with Crippen LogP contribution in [-0.2, 0) is 0 Å². The van der Waals surface area contributed by atoms with E-state index in [0.717, 1.165) is 83.2 Å². The largest absolute Gasteiger partial charge is 0.455 e. The lowest BCUT2D eigenvalue weighted by molar-refractivity contribution is 0.637. The molecule has 14 rings (SSSR count). The van der Waals surface area contributed by atoms with Gasteiger partial charge in [-0.3, -0.25) is 0 Å². The molecule has 0 bridgehead atoms. The van der Waals surface area contributed by atoms with E-state index in [2.05, 4.69) is 213 Å². The van der Waals surface area contributed by atoms with Crippen LogP contribution < -0.4 is 15.3 Å². The molecule has 0 spiro atoms. The zero-order valence-electron chi connectivity index (χ0n) is 36.5. The van der Waals surface area contributed by atoms with Crippen molar-refractivity contribution < 1.29 is 8.83 Å². The van der Waals surface area contributed by atoms with Crippen LogP contribution in [0.15, 0.2) is 226 Å². The quantitative estimate of drug-likeness (QED) is 0.162. The molecule has 3 nitrogen and oxygen atoms in total. The molecule has 12 aromatic rings. The molecular weight excluding hydrogens is 803 g/mol. The Balaban J connectivity index is 0.953. The number of fused-ring (bicyclic) bond motifs is 14. The first-order chi connectivity index (χ1) is 32.4. The van der Waals surface area contributed by atoms with Gasteiger partial charge < -0.3 is 13.7 Å². The normalized spacial score (nSPS) is 14.3. The number of benzene rings is 10. The summed E-state index contributed by atoms with van der Waals surface area (Å²) in [6.45, 7) is 4.74. The summed E-state index contributed by atoms with van der Waals surface area (Å²) in [6, 6.07) is 70.0. The third-order valence-corrected chi connectivity index (χ3v) is 14.2. The van der Waals surface area contributed by atoms with Gasteiger partial charge in [0.2, 0.25) is 0 Å². The first-order valence-corrected chi connectivity index (χ1v) is 22.8. The van der Waals surface area contributed by atoms with E-state index in [0.29, 0.717) is 0 Å². The van der Waals surface area contributed by atoms with Crippen LogP contribution >= 0.6 is 0 Å². The standard InChI is InChI=1S/C63H41NO2/c1-63(2)37-44(34-41-32-40-35-56-49-18-5-3-16-47(49)48-17-4-6-19-50(48)57(56)36-55(40)60(41)63)64(42-30-28-38(29-31-42)45-22-12-24-53-51-20-7-9-26-58(51)65-61(45)53)43-15-11-14-39(33-43)46-23-13-25-54-52-21-8-10-27-59(52)66-62(46)54/h3-37H,1-2H3. The van der Waals surface area contributed by atoms with Gasteiger partial charge >= 0.3 is 0 Å². The molecule has 0 fully saturated rings. The lowest BCUT2D eigenvalue weighted by atomic mass is 9.76. The molecule has 0 atom stereocenters. The van der Waals surface area contributed by atoms with Gasteiger partial charge in [0.15, 0.2) is 0 Å². The SMILES string of the molecule is CC1(C)C=C(N(c2ccc(-c3cccc4c3oc3ccccc34)cc2)c2cccc(-c3cccc4c3oc3ccccc34)c2)C=C2C=c3cc4c5ccccc5c5ccccc5c4cc3=C21. The molecule has 0 amide bonds. The van der Waals surface area contributed by atoms with Crippen molar-refractivity contribution in [1.29, 1.82) is 0 Å². The average Bonchev–Trinajstić information content (AvgIpc) is 4.05. The first-order valence-electron chi connectivity index (χ1n) is 22.8. The van der Waals surface area contributed by atoms with E-state index in [1.807, 2.05) is 18.2 Å². The van der Waals surface area contributed by atoms with E-state index in [9.17, 15) is 0 Å². The van der Waals surface area contributed by atoms with Gasteiger partial charge in [0.25, 0.3) is 0 Å². The molecule has 0 radical (unpaired) electrons. The second-order valence-corrected chi connectivity index (χ2v) is 18.5. The number of nitrogens with zero attached hydrogens (tertiary/aromatic N) is 1. The van der Waals surface area contributed by atoms with Gasteiger partial charge in [-0.2, -0.15) is 0 Å². The maximum Gasteiger partial charge on any atom is 0.143 e. The van der Waals surface area contributed by atoms with E-state index in [-0.39, 0.29) is 5.41 Å². The van der Waals surface area contributed by atoms with Crippen molar-refractivity contribution >= 4 is 99.2 Å². The minimum Gasteiger partial charge on any atom is -0.455 e. The number of hydrogen-bond acceptors (Lipinski definition) is 3. The lowest BCUT2D eigenvalue weighted by Crippen LogP contribution is -2.29. The van der Waals surface area contributed by atoms with Crippen LogP contribution in [-0.4, -0.2) is 0 Å². The number of furan rings is 2. The number of rotatable bonds is 5. The molecule has 10 aromatic carbocycles. The number of allylic oxidation sites excluding steroid dienone is 3. The molecule has 2 aliphatic carbocycles. The molecule has 2 heterocycles. The predicted molar refractivity (Wildman–Crippen MR) is 276 cm³/mol. The highest BCUT2D eigenvalue weighted by Crippen LogP contribution is 2.46. The zero-order valence-corrected chi connectivity index (χ0v) is 36.5. The van der Waals surface area contributed by atoms with E-state index < -0.39 is 0 Å². The highest BCUT2D eigenvalue weighted by molar-refractivity contribution is 6.25. The van der Waals surface area contributed by atoms with Gasteiger partial charge in [-0.25, -0.2) is 0 Å². The summed E-state index contributed by atoms with van der Waals surface area (Å²) >= 11 is 0. The number of hydrogen-bond donors (Lipinski definition) is 0. The van der Waals surface area contributed by atoms with Crippen LogP contribution in [0.25, 0.3) is 110 Å². The van der Waals surface area contributed by atoms with Crippen LogP contribution in [0, 0.1) is 5.41 Å². The number of anilines is 2. The Morgan fingerprint density at radius 2 is 0.909 bits per heavy atom. The molecule has 0 aliphatic heterocycles. The Hall–Kier alpha value is -8.40. The minimum atomic E-state index is -0.298. The molecule has 2 aliphatic rings. The van der Waals surface area contributed by atoms with Crippen LogP contribution in [0.4, 0.5) is 11.4 Å². The summed E-state index contributed by atoms with van der Waals surface area (Å²) in [6.07, 6.45) is 7.28. The molecular formula is C63H41NO2. The number of para-hydroxylation sites is 4. The summed E-state index contributed by atoms with van der Waals surface area (Å²) in [4.78, 5) is 2.42. The first kappa shape index (κ1) is 37.0. The van der Waals surface area contributed by atoms with Crippen molar-refractivity contribution in [3.05, 3.63) is 228 Å². The van der Waals surface area contributed by atoms with Gasteiger partial charge in [-0.05, 0) is 126 Å². The predicted octanol–water partition coefficient (Wildman–Crippen LogP) is 15.9. The van der Waals surface area contributed by atoms with E-state index in [1.54, 1.807) is 0 Å². The maximum absolute atomic E-state index is 6.58. The maximum atomic E-state index is 6.58. The second-order valence-electron chi connectivity index (χ2n) is 18.5. The van der Waals surface area contributed by atoms with Crippen LogP contribution in [0.1, 0.15) is 13.8 Å². The highest BCUT2D eigenvalue weighted by Gasteiger charge is 2.33. The topological polar surface area (TPSA) is 29.5 Å². The Labute approximate surface area is 380 Å². The average molecular weight is 844 g/mol. The second kappa shape index (κ2) is 13.8. The van der Waals surface area contributed by atoms with Crippen molar-refractivity contribution in [2.75, 3.05) is 4.90 Å². The molecule has 3 heteroatoms. The summed E-state index contributed by atoms with van der Waals surface area (Å²) in [5, 5.41) is 14.8. The van der Waals surface area contributed by atoms with Gasteiger partial charge in [0, 0.05) is 55.2 Å². The lowest BCUT2D eigenvalue weighted by Gasteiger charge is -2.35. The molecule has 0 unspecified atom stereocenters. The monoisotopic (exact) mass is 843 g/mol. The molecule has 310 valence electrons. The Morgan fingerprint density at radius 3 is 1.53 bits per heavy atom. The van der Waals surface area contributed by atoms with E-state index in [4.69, 9.17) is 8.83 Å². The van der Waals surface area contributed by atoms with E-state index >= 15 is 0 Å². The molecule has 2 aromatic heterocycles. The Morgan fingerprint density at radius 1 is 0.394 bits per heavy atom. The van der Waals surface area contributed by atoms with Gasteiger partial charge in [-0.15, -0.1) is 0 Å². The van der Waals surface area contributed by atoms with Gasteiger partial charge in [0.1, 0.15) is 22.3 Å². The smallest absolute Gasteiger partial charge is 0.143 e. The Kier molecular flexibility index (Phi) is 7.74. The summed E-state index contributed by atoms with van der Waals surface area (Å²) in [5.74, 6) is 0. The molecule has 0 saturated carbocycles. The fourth-order valence-electron chi connectivity index (χ4n) is 11.3. The third-order valence-electron chi connectivity index (χ3n) is 14.2. The molecule has 0 N–H and O–H groups in total. The third kappa shape index (κ3) is 5.44. The molecule has 66 heavy (non-hydrogen) atoms. The fraction of sp³-hybridized carbons (Fsp3) is 0.0476. The van der Waals surface area contributed by atoms with Crippen molar-refractivity contribution in [2.45, 2.75) is 13.8 Å². The highest BCUT2D eigenvalue weighted by atomic mass is 16.3.